The molecule has 1 N–H and O–H groups in total. The summed E-state index contributed by atoms with van der Waals surface area (Å²) in [5.41, 5.74) is 0.171. The summed E-state index contributed by atoms with van der Waals surface area (Å²) in [4.78, 5) is 13.7. The summed E-state index contributed by atoms with van der Waals surface area (Å²) in [5, 5.41) is 3.63. The number of nitrogens with zero attached hydrogens (tertiary/aromatic N) is 1. The smallest absolute Gasteiger partial charge is 0.409 e. The van der Waals surface area contributed by atoms with E-state index < -0.39 is 0 Å². The van der Waals surface area contributed by atoms with E-state index in [9.17, 15) is 4.79 Å². The van der Waals surface area contributed by atoms with Gasteiger partial charge in [-0.05, 0) is 38.6 Å². The molecule has 1 saturated heterocycles. The van der Waals surface area contributed by atoms with Crippen LogP contribution < -0.4 is 5.32 Å². The van der Waals surface area contributed by atoms with Crippen molar-refractivity contribution in [2.45, 2.75) is 58.9 Å². The Hall–Kier alpha value is -0.770. The third-order valence-electron chi connectivity index (χ3n) is 3.79. The second-order valence-electron chi connectivity index (χ2n) is 6.29. The molecule has 0 unspecified atom stereocenters. The zero-order chi connectivity index (χ0) is 14.3. The van der Waals surface area contributed by atoms with Gasteiger partial charge in [-0.1, -0.05) is 27.2 Å². The van der Waals surface area contributed by atoms with Crippen LogP contribution in [-0.4, -0.2) is 42.8 Å². The zero-order valence-electron chi connectivity index (χ0n) is 13.0. The van der Waals surface area contributed by atoms with Gasteiger partial charge in [-0.25, -0.2) is 4.79 Å². The van der Waals surface area contributed by atoms with Crippen LogP contribution >= 0.6 is 0 Å². The first kappa shape index (κ1) is 16.3. The summed E-state index contributed by atoms with van der Waals surface area (Å²) in [6.07, 6.45) is 3.88. The maximum Gasteiger partial charge on any atom is 0.409 e. The van der Waals surface area contributed by atoms with Gasteiger partial charge < -0.3 is 15.0 Å². The van der Waals surface area contributed by atoms with E-state index in [2.05, 4.69) is 33.0 Å². The average Bonchev–Trinajstić information content (AvgIpc) is 2.37. The first-order valence-corrected chi connectivity index (χ1v) is 7.63. The van der Waals surface area contributed by atoms with Crippen molar-refractivity contribution in [3.8, 4) is 0 Å². The number of amides is 1. The van der Waals surface area contributed by atoms with Crippen molar-refractivity contribution >= 4 is 6.09 Å². The summed E-state index contributed by atoms with van der Waals surface area (Å²) >= 11 is 0. The van der Waals surface area contributed by atoms with E-state index >= 15 is 0 Å². The molecular formula is C15H30N2O2. The van der Waals surface area contributed by atoms with Crippen molar-refractivity contribution in [3.05, 3.63) is 0 Å². The molecule has 0 aromatic rings. The lowest BCUT2D eigenvalue weighted by molar-refractivity contribution is 0.0787. The molecule has 4 heteroatoms. The first-order valence-electron chi connectivity index (χ1n) is 7.63. The molecule has 1 aliphatic heterocycles. The highest BCUT2D eigenvalue weighted by atomic mass is 16.6. The highest BCUT2D eigenvalue weighted by Crippen LogP contribution is 2.22. The van der Waals surface area contributed by atoms with Crippen molar-refractivity contribution in [3.63, 3.8) is 0 Å². The Balaban J connectivity index is 2.29. The largest absolute Gasteiger partial charge is 0.449 e. The first-order chi connectivity index (χ1) is 8.97. The Kier molecular flexibility index (Phi) is 6.63. The van der Waals surface area contributed by atoms with Crippen LogP contribution in [0.4, 0.5) is 4.79 Å². The van der Waals surface area contributed by atoms with E-state index in [-0.39, 0.29) is 11.6 Å². The number of carbonyl (C=O) groups excluding carboxylic acids is 1. The number of carbonyl (C=O) groups is 1. The Morgan fingerprint density at radius 1 is 1.37 bits per heavy atom. The number of rotatable bonds is 6. The summed E-state index contributed by atoms with van der Waals surface area (Å²) in [7, 11) is 0. The second kappa shape index (κ2) is 7.73. The molecular weight excluding hydrogens is 240 g/mol. The highest BCUT2D eigenvalue weighted by molar-refractivity contribution is 5.67. The fourth-order valence-corrected chi connectivity index (χ4v) is 2.21. The van der Waals surface area contributed by atoms with Gasteiger partial charge in [-0.3, -0.25) is 0 Å². The molecule has 1 heterocycles. The Bertz CT molecular complexity index is 271. The zero-order valence-corrected chi connectivity index (χ0v) is 13.0. The van der Waals surface area contributed by atoms with Gasteiger partial charge >= 0.3 is 6.09 Å². The molecule has 0 atom stereocenters. The molecule has 0 aromatic heterocycles. The van der Waals surface area contributed by atoms with Crippen molar-refractivity contribution in [2.24, 2.45) is 5.92 Å². The number of piperidine rings is 1. The molecule has 0 saturated carbocycles. The molecule has 0 spiro atoms. The minimum atomic E-state index is -0.139. The van der Waals surface area contributed by atoms with E-state index in [0.717, 1.165) is 45.3 Å². The number of hydrogen-bond donors (Lipinski definition) is 1. The normalized spacial score (nSPS) is 18.7. The molecule has 4 nitrogen and oxygen atoms in total. The van der Waals surface area contributed by atoms with Crippen LogP contribution in [0.25, 0.3) is 0 Å². The molecule has 0 aliphatic carbocycles. The highest BCUT2D eigenvalue weighted by Gasteiger charge is 2.31. The van der Waals surface area contributed by atoms with E-state index in [0.29, 0.717) is 12.5 Å². The average molecular weight is 270 g/mol. The minimum Gasteiger partial charge on any atom is -0.449 e. The van der Waals surface area contributed by atoms with Gasteiger partial charge in [0, 0.05) is 18.6 Å². The van der Waals surface area contributed by atoms with Crippen LogP contribution in [0.1, 0.15) is 53.4 Å². The summed E-state index contributed by atoms with van der Waals surface area (Å²) in [5.74, 6) is 0.661. The van der Waals surface area contributed by atoms with Crippen molar-refractivity contribution < 1.29 is 9.53 Å². The third-order valence-corrected chi connectivity index (χ3v) is 3.79. The summed E-state index contributed by atoms with van der Waals surface area (Å²) in [6.45, 7) is 12.0. The summed E-state index contributed by atoms with van der Waals surface area (Å²) < 4.78 is 5.25. The Morgan fingerprint density at radius 2 is 2.00 bits per heavy atom. The Labute approximate surface area is 117 Å². The van der Waals surface area contributed by atoms with E-state index in [4.69, 9.17) is 4.74 Å². The molecule has 1 fully saturated rings. The van der Waals surface area contributed by atoms with Gasteiger partial charge in [0.1, 0.15) is 0 Å². The van der Waals surface area contributed by atoms with Crippen LogP contribution in [0.15, 0.2) is 0 Å². The molecule has 19 heavy (non-hydrogen) atoms. The molecule has 1 amide bonds. The quantitative estimate of drug-likeness (QED) is 0.754. The fourth-order valence-electron chi connectivity index (χ4n) is 2.21. The molecule has 1 aliphatic rings. The van der Waals surface area contributed by atoms with Gasteiger partial charge in [0.25, 0.3) is 0 Å². The van der Waals surface area contributed by atoms with E-state index in [1.807, 2.05) is 4.90 Å². The van der Waals surface area contributed by atoms with Gasteiger partial charge in [-0.15, -0.1) is 0 Å². The predicted molar refractivity (Wildman–Crippen MR) is 78.3 cm³/mol. The molecule has 0 bridgehead atoms. The van der Waals surface area contributed by atoms with Crippen molar-refractivity contribution in [1.29, 1.82) is 0 Å². The van der Waals surface area contributed by atoms with Crippen LogP contribution in [0, 0.1) is 5.92 Å². The third kappa shape index (κ3) is 5.81. The van der Waals surface area contributed by atoms with Gasteiger partial charge in [0.2, 0.25) is 0 Å². The lowest BCUT2D eigenvalue weighted by Gasteiger charge is -2.40. The predicted octanol–water partition coefficient (Wildman–Crippen LogP) is 3.02. The molecule has 0 radical (unpaired) electrons. The topological polar surface area (TPSA) is 41.6 Å². The number of ether oxygens (including phenoxy) is 1. The summed E-state index contributed by atoms with van der Waals surface area (Å²) in [6, 6.07) is 0. The molecule has 112 valence electrons. The molecule has 1 rings (SSSR count). The van der Waals surface area contributed by atoms with Crippen molar-refractivity contribution in [1.82, 2.24) is 10.2 Å². The fraction of sp³-hybridized carbons (Fsp3) is 0.933. The standard InChI is InChI=1S/C15H30N2O2/c1-5-6-11-19-14(18)17-9-7-15(4,8-10-17)16-12-13(2)3/h13,16H,5-12H2,1-4H3. The lowest BCUT2D eigenvalue weighted by Crippen LogP contribution is -2.53. The number of hydrogen-bond acceptors (Lipinski definition) is 3. The van der Waals surface area contributed by atoms with Gasteiger partial charge in [0.05, 0.1) is 6.61 Å². The number of unbranched alkanes of at least 4 members (excludes halogenated alkanes) is 1. The van der Waals surface area contributed by atoms with E-state index in [1.165, 1.54) is 0 Å². The number of nitrogens with one attached hydrogen (secondary N) is 1. The van der Waals surface area contributed by atoms with Crippen LogP contribution in [0.2, 0.25) is 0 Å². The molecule has 0 aromatic carbocycles. The van der Waals surface area contributed by atoms with Crippen LogP contribution in [0.5, 0.6) is 0 Å². The van der Waals surface area contributed by atoms with Crippen LogP contribution in [0.3, 0.4) is 0 Å². The minimum absolute atomic E-state index is 0.139. The second-order valence-corrected chi connectivity index (χ2v) is 6.29. The number of likely N-dealkylation sites (tertiary alicyclic amines) is 1. The van der Waals surface area contributed by atoms with Crippen molar-refractivity contribution in [2.75, 3.05) is 26.2 Å². The maximum atomic E-state index is 11.8. The lowest BCUT2D eigenvalue weighted by atomic mass is 9.89. The van der Waals surface area contributed by atoms with Gasteiger partial charge in [-0.2, -0.15) is 0 Å². The van der Waals surface area contributed by atoms with E-state index in [1.54, 1.807) is 0 Å². The maximum absolute atomic E-state index is 11.8. The monoisotopic (exact) mass is 270 g/mol. The van der Waals surface area contributed by atoms with Crippen LogP contribution in [-0.2, 0) is 4.74 Å². The van der Waals surface area contributed by atoms with Gasteiger partial charge in [0.15, 0.2) is 0 Å². The Morgan fingerprint density at radius 3 is 2.53 bits per heavy atom. The SMILES string of the molecule is CCCCOC(=O)N1CCC(C)(NCC(C)C)CC1.